The molecule has 5 nitrogen and oxygen atoms in total. The van der Waals surface area contributed by atoms with Gasteiger partial charge in [-0.05, 0) is 6.07 Å². The minimum Gasteiger partial charge on any atom is -0.320 e. The molecule has 3 N–H and O–H groups in total. The van der Waals surface area contributed by atoms with Gasteiger partial charge in [0.05, 0.1) is 13.0 Å². The molecule has 0 saturated heterocycles. The molecule has 0 saturated carbocycles. The van der Waals surface area contributed by atoms with Crippen molar-refractivity contribution in [3.8, 4) is 11.8 Å². The minimum absolute atomic E-state index is 0.0980. The molecule has 0 radical (unpaired) electrons. The van der Waals surface area contributed by atoms with Gasteiger partial charge in [0.25, 0.3) is 0 Å². The number of rotatable bonds is 4. The third-order valence-electron chi connectivity index (χ3n) is 2.06. The monoisotopic (exact) mass is 307 g/mol. The van der Waals surface area contributed by atoms with Crippen molar-refractivity contribution in [1.82, 2.24) is 9.71 Å². The van der Waals surface area contributed by atoms with Crippen molar-refractivity contribution < 1.29 is 21.6 Å². The molecule has 9 heteroatoms. The highest BCUT2D eigenvalue weighted by atomic mass is 32.2. The summed E-state index contributed by atoms with van der Waals surface area (Å²) in [7, 11) is -4.04. The number of aromatic nitrogens is 1. The van der Waals surface area contributed by atoms with E-state index in [0.717, 1.165) is 6.20 Å². The van der Waals surface area contributed by atoms with Crippen molar-refractivity contribution in [2.45, 2.75) is 17.5 Å². The van der Waals surface area contributed by atoms with Gasteiger partial charge in [0.1, 0.15) is 4.90 Å². The molecule has 1 heterocycles. The number of sulfonamides is 1. The SMILES string of the molecule is NCC#Cc1cncc(S(=O)(=O)NCCC(F)(F)F)c1. The second-order valence-corrected chi connectivity index (χ2v) is 5.45. The van der Waals surface area contributed by atoms with E-state index < -0.39 is 29.2 Å². The maximum atomic E-state index is 12.0. The van der Waals surface area contributed by atoms with Gasteiger partial charge in [-0.25, -0.2) is 13.1 Å². The fraction of sp³-hybridized carbons (Fsp3) is 0.364. The van der Waals surface area contributed by atoms with Gasteiger partial charge in [0.2, 0.25) is 10.0 Å². The van der Waals surface area contributed by atoms with Gasteiger partial charge in [0, 0.05) is 24.5 Å². The van der Waals surface area contributed by atoms with E-state index in [9.17, 15) is 21.6 Å². The van der Waals surface area contributed by atoms with Crippen molar-refractivity contribution in [2.75, 3.05) is 13.1 Å². The van der Waals surface area contributed by atoms with Crippen molar-refractivity contribution in [1.29, 1.82) is 0 Å². The fourth-order valence-electron chi connectivity index (χ4n) is 1.20. The summed E-state index contributed by atoms with van der Waals surface area (Å²) in [6, 6.07) is 1.21. The molecule has 0 aliphatic carbocycles. The average molecular weight is 307 g/mol. The summed E-state index contributed by atoms with van der Waals surface area (Å²) in [6.45, 7) is -0.634. The first-order valence-electron chi connectivity index (χ1n) is 5.45. The maximum Gasteiger partial charge on any atom is 0.390 e. The Labute approximate surface area is 114 Å². The Hall–Kier alpha value is -1.63. The molecule has 0 fully saturated rings. The van der Waals surface area contributed by atoms with Gasteiger partial charge in [-0.2, -0.15) is 13.2 Å². The van der Waals surface area contributed by atoms with Crippen molar-refractivity contribution in [3.05, 3.63) is 24.0 Å². The Balaban J connectivity index is 2.82. The van der Waals surface area contributed by atoms with Crippen LogP contribution in [0.25, 0.3) is 0 Å². The first-order valence-corrected chi connectivity index (χ1v) is 6.93. The lowest BCUT2D eigenvalue weighted by molar-refractivity contribution is -0.132. The van der Waals surface area contributed by atoms with Gasteiger partial charge in [-0.15, -0.1) is 0 Å². The van der Waals surface area contributed by atoms with Gasteiger partial charge in [-0.3, -0.25) is 4.98 Å². The topological polar surface area (TPSA) is 85.1 Å². The molecule has 0 aliphatic rings. The molecule has 1 aromatic rings. The molecular weight excluding hydrogens is 295 g/mol. The van der Waals surface area contributed by atoms with E-state index in [2.05, 4.69) is 16.8 Å². The van der Waals surface area contributed by atoms with E-state index in [1.54, 1.807) is 0 Å². The quantitative estimate of drug-likeness (QED) is 0.799. The summed E-state index contributed by atoms with van der Waals surface area (Å²) >= 11 is 0. The van der Waals surface area contributed by atoms with Crippen molar-refractivity contribution >= 4 is 10.0 Å². The van der Waals surface area contributed by atoms with Crippen LogP contribution in [0.15, 0.2) is 23.4 Å². The Bertz CT molecular complexity index is 618. The Morgan fingerprint density at radius 3 is 2.65 bits per heavy atom. The highest BCUT2D eigenvalue weighted by Gasteiger charge is 2.27. The zero-order chi connectivity index (χ0) is 15.2. The first-order chi connectivity index (χ1) is 9.24. The van der Waals surface area contributed by atoms with Crippen LogP contribution in [0.5, 0.6) is 0 Å². The van der Waals surface area contributed by atoms with Crippen LogP contribution in [0, 0.1) is 11.8 Å². The van der Waals surface area contributed by atoms with Gasteiger partial charge in [0.15, 0.2) is 0 Å². The van der Waals surface area contributed by atoms with Crippen LogP contribution < -0.4 is 10.5 Å². The summed E-state index contributed by atoms with van der Waals surface area (Å²) in [5.74, 6) is 5.11. The normalized spacial score (nSPS) is 11.8. The third-order valence-corrected chi connectivity index (χ3v) is 3.49. The molecule has 110 valence electrons. The van der Waals surface area contributed by atoms with Gasteiger partial charge >= 0.3 is 6.18 Å². The van der Waals surface area contributed by atoms with Crippen LogP contribution in [-0.4, -0.2) is 32.7 Å². The zero-order valence-electron chi connectivity index (χ0n) is 10.2. The Morgan fingerprint density at radius 1 is 1.35 bits per heavy atom. The van der Waals surface area contributed by atoms with Crippen molar-refractivity contribution in [2.24, 2.45) is 5.73 Å². The molecule has 0 atom stereocenters. The molecule has 1 rings (SSSR count). The van der Waals surface area contributed by atoms with Crippen LogP contribution in [0.3, 0.4) is 0 Å². The molecule has 0 aromatic carbocycles. The van der Waals surface area contributed by atoms with Gasteiger partial charge in [-0.1, -0.05) is 11.8 Å². The summed E-state index contributed by atoms with van der Waals surface area (Å²) in [4.78, 5) is 3.43. The number of nitrogens with two attached hydrogens (primary N) is 1. The average Bonchev–Trinajstić information content (AvgIpc) is 2.35. The summed E-state index contributed by atoms with van der Waals surface area (Å²) in [5.41, 5.74) is 5.49. The number of hydrogen-bond donors (Lipinski definition) is 2. The lowest BCUT2D eigenvalue weighted by Crippen LogP contribution is -2.28. The molecule has 0 spiro atoms. The Morgan fingerprint density at radius 2 is 2.05 bits per heavy atom. The number of nitrogens with zero attached hydrogens (tertiary/aromatic N) is 1. The van der Waals surface area contributed by atoms with E-state index >= 15 is 0 Å². The smallest absolute Gasteiger partial charge is 0.320 e. The third kappa shape index (κ3) is 5.56. The molecule has 0 amide bonds. The van der Waals surface area contributed by atoms with E-state index in [-0.39, 0.29) is 11.4 Å². The van der Waals surface area contributed by atoms with Crippen LogP contribution in [0.1, 0.15) is 12.0 Å². The lowest BCUT2D eigenvalue weighted by Gasteiger charge is -2.08. The highest BCUT2D eigenvalue weighted by molar-refractivity contribution is 7.89. The number of hydrogen-bond acceptors (Lipinski definition) is 4. The second-order valence-electron chi connectivity index (χ2n) is 3.68. The second kappa shape index (κ2) is 6.69. The van der Waals surface area contributed by atoms with Crippen LogP contribution >= 0.6 is 0 Å². The molecule has 0 bridgehead atoms. The number of halogens is 3. The predicted octanol–water partition coefficient (Wildman–Crippen LogP) is 0.622. The largest absolute Gasteiger partial charge is 0.390 e. The number of pyridine rings is 1. The highest BCUT2D eigenvalue weighted by Crippen LogP contribution is 2.18. The predicted molar refractivity (Wildman–Crippen MR) is 66.0 cm³/mol. The standard InChI is InChI=1S/C11H12F3N3O2S/c12-11(13,14)3-5-17-20(18,19)10-6-9(2-1-4-15)7-16-8-10/h6-8,17H,3-5,15H2. The Kier molecular flexibility index (Phi) is 5.50. The summed E-state index contributed by atoms with van der Waals surface area (Å²) < 4.78 is 61.2. The molecule has 0 unspecified atom stereocenters. The van der Waals surface area contributed by atoms with Crippen LogP contribution in [0.2, 0.25) is 0 Å². The fourth-order valence-corrected chi connectivity index (χ4v) is 2.22. The lowest BCUT2D eigenvalue weighted by atomic mass is 10.3. The number of nitrogens with one attached hydrogen (secondary N) is 1. The van der Waals surface area contributed by atoms with Gasteiger partial charge < -0.3 is 5.73 Å². The molecule has 1 aromatic heterocycles. The zero-order valence-corrected chi connectivity index (χ0v) is 11.1. The van der Waals surface area contributed by atoms with E-state index in [4.69, 9.17) is 5.73 Å². The molecular formula is C11H12F3N3O2S. The number of alkyl halides is 3. The first kappa shape index (κ1) is 16.4. The van der Waals surface area contributed by atoms with Crippen molar-refractivity contribution in [3.63, 3.8) is 0 Å². The minimum atomic E-state index is -4.42. The molecule has 0 aliphatic heterocycles. The van der Waals surface area contributed by atoms with Crippen LogP contribution in [-0.2, 0) is 10.0 Å². The molecule has 20 heavy (non-hydrogen) atoms. The van der Waals surface area contributed by atoms with E-state index in [1.807, 2.05) is 4.72 Å². The van der Waals surface area contributed by atoms with Crippen LogP contribution in [0.4, 0.5) is 13.2 Å². The van der Waals surface area contributed by atoms with E-state index in [1.165, 1.54) is 12.3 Å². The summed E-state index contributed by atoms with van der Waals surface area (Å²) in [6.07, 6.45) is -3.30. The maximum absolute atomic E-state index is 12.0. The summed E-state index contributed by atoms with van der Waals surface area (Å²) in [5, 5.41) is 0. The van der Waals surface area contributed by atoms with E-state index in [0.29, 0.717) is 5.56 Å².